The second-order valence-electron chi connectivity index (χ2n) is 4.55. The van der Waals surface area contributed by atoms with Gasteiger partial charge in [0.2, 0.25) is 5.88 Å². The van der Waals surface area contributed by atoms with Crippen molar-refractivity contribution in [2.45, 2.75) is 33.6 Å². The van der Waals surface area contributed by atoms with Crippen LogP contribution in [0.1, 0.15) is 30.5 Å². The first kappa shape index (κ1) is 14.9. The van der Waals surface area contributed by atoms with Gasteiger partial charge in [-0.05, 0) is 20.8 Å². The molecular formula is C13H17N3O5. The van der Waals surface area contributed by atoms with E-state index in [9.17, 15) is 14.7 Å². The fraction of sp³-hybridized carbons (Fsp3) is 0.462. The first-order valence-electron chi connectivity index (χ1n) is 6.57. The third-order valence-electron chi connectivity index (χ3n) is 3.05. The number of carbonyl (C=O) groups is 1. The predicted octanol–water partition coefficient (Wildman–Crippen LogP) is 0.972. The van der Waals surface area contributed by atoms with E-state index in [0.717, 1.165) is 4.57 Å². The van der Waals surface area contributed by atoms with Gasteiger partial charge in [-0.15, -0.1) is 0 Å². The van der Waals surface area contributed by atoms with Gasteiger partial charge in [0.25, 0.3) is 0 Å². The van der Waals surface area contributed by atoms with Crippen LogP contribution in [0.2, 0.25) is 0 Å². The zero-order chi connectivity index (χ0) is 15.6. The van der Waals surface area contributed by atoms with Gasteiger partial charge in [0.05, 0.1) is 18.7 Å². The molecule has 0 saturated heterocycles. The van der Waals surface area contributed by atoms with Crippen molar-refractivity contribution in [3.05, 3.63) is 27.6 Å². The minimum atomic E-state index is -0.513. The second-order valence-corrected chi connectivity index (χ2v) is 4.55. The standard InChI is InChI=1S/C13H17N3O5/c1-4-20-10(17)6-5-9-12(18)16(13(19)14-9)11-7(2)15-21-8(11)3/h18H,4-6H2,1-3H3,(H,14,19). The molecule has 0 saturated carbocycles. The summed E-state index contributed by atoms with van der Waals surface area (Å²) in [5.41, 5.74) is 0.644. The monoisotopic (exact) mass is 295 g/mol. The second kappa shape index (κ2) is 5.86. The summed E-state index contributed by atoms with van der Waals surface area (Å²) in [4.78, 5) is 25.9. The Morgan fingerprint density at radius 2 is 2.19 bits per heavy atom. The molecule has 0 spiro atoms. The molecule has 0 amide bonds. The molecule has 0 fully saturated rings. The van der Waals surface area contributed by atoms with Gasteiger partial charge in [-0.3, -0.25) is 4.79 Å². The number of nitrogens with one attached hydrogen (secondary N) is 1. The van der Waals surface area contributed by atoms with E-state index in [2.05, 4.69) is 10.1 Å². The van der Waals surface area contributed by atoms with Crippen LogP contribution in [0.3, 0.4) is 0 Å². The molecule has 8 nitrogen and oxygen atoms in total. The van der Waals surface area contributed by atoms with Gasteiger partial charge in [0.15, 0.2) is 5.76 Å². The first-order chi connectivity index (χ1) is 9.95. The van der Waals surface area contributed by atoms with Crippen molar-refractivity contribution in [3.63, 3.8) is 0 Å². The number of H-pyrrole nitrogens is 1. The SMILES string of the molecule is CCOC(=O)CCc1[nH]c(=O)n(-c2c(C)noc2C)c1O. The average Bonchev–Trinajstić information content (AvgIpc) is 2.89. The van der Waals surface area contributed by atoms with E-state index in [0.29, 0.717) is 23.7 Å². The Morgan fingerprint density at radius 1 is 1.48 bits per heavy atom. The number of carbonyl (C=O) groups excluding carboxylic acids is 1. The largest absolute Gasteiger partial charge is 0.493 e. The van der Waals surface area contributed by atoms with Crippen LogP contribution in [0.5, 0.6) is 5.88 Å². The van der Waals surface area contributed by atoms with E-state index in [4.69, 9.17) is 9.26 Å². The summed E-state index contributed by atoms with van der Waals surface area (Å²) in [6, 6.07) is 0. The van der Waals surface area contributed by atoms with E-state index in [-0.39, 0.29) is 30.4 Å². The minimum Gasteiger partial charge on any atom is -0.493 e. The lowest BCUT2D eigenvalue weighted by Gasteiger charge is -2.03. The van der Waals surface area contributed by atoms with E-state index in [1.807, 2.05) is 0 Å². The summed E-state index contributed by atoms with van der Waals surface area (Å²) in [5, 5.41) is 13.9. The maximum absolute atomic E-state index is 12.0. The summed E-state index contributed by atoms with van der Waals surface area (Å²) < 4.78 is 10.9. The number of hydrogen-bond donors (Lipinski definition) is 2. The summed E-state index contributed by atoms with van der Waals surface area (Å²) in [5.74, 6) is -0.220. The van der Waals surface area contributed by atoms with Crippen LogP contribution in [-0.2, 0) is 16.0 Å². The summed E-state index contributed by atoms with van der Waals surface area (Å²) >= 11 is 0. The zero-order valence-electron chi connectivity index (χ0n) is 12.1. The third kappa shape index (κ3) is 2.83. The number of rotatable bonds is 5. The van der Waals surface area contributed by atoms with E-state index in [1.165, 1.54) is 0 Å². The molecule has 0 bridgehead atoms. The van der Waals surface area contributed by atoms with Crippen LogP contribution < -0.4 is 5.69 Å². The molecule has 2 N–H and O–H groups in total. The Morgan fingerprint density at radius 3 is 2.76 bits per heavy atom. The number of imidazole rings is 1. The predicted molar refractivity (Wildman–Crippen MR) is 72.5 cm³/mol. The van der Waals surface area contributed by atoms with Crippen LogP contribution in [0, 0.1) is 13.8 Å². The van der Waals surface area contributed by atoms with Crippen molar-refractivity contribution in [3.8, 4) is 11.6 Å². The highest BCUT2D eigenvalue weighted by Crippen LogP contribution is 2.24. The van der Waals surface area contributed by atoms with Crippen LogP contribution in [0.15, 0.2) is 9.32 Å². The molecule has 0 radical (unpaired) electrons. The van der Waals surface area contributed by atoms with Gasteiger partial charge in [-0.25, -0.2) is 9.36 Å². The molecule has 2 aromatic heterocycles. The Balaban J connectivity index is 2.31. The lowest BCUT2D eigenvalue weighted by atomic mass is 10.2. The summed E-state index contributed by atoms with van der Waals surface area (Å²) in [7, 11) is 0. The highest BCUT2D eigenvalue weighted by atomic mass is 16.5. The van der Waals surface area contributed by atoms with Gasteiger partial charge in [0.1, 0.15) is 11.4 Å². The van der Waals surface area contributed by atoms with Gasteiger partial charge >= 0.3 is 11.7 Å². The normalized spacial score (nSPS) is 10.8. The Hall–Kier alpha value is -2.51. The minimum absolute atomic E-state index is 0.0724. The average molecular weight is 295 g/mol. The van der Waals surface area contributed by atoms with Crippen molar-refractivity contribution in [1.82, 2.24) is 14.7 Å². The molecule has 2 rings (SSSR count). The Bertz CT molecular complexity index is 690. The molecule has 0 aliphatic rings. The number of aromatic amines is 1. The Kier molecular flexibility index (Phi) is 4.15. The number of aromatic nitrogens is 3. The first-order valence-corrected chi connectivity index (χ1v) is 6.57. The molecule has 0 unspecified atom stereocenters. The number of aromatic hydroxyl groups is 1. The van der Waals surface area contributed by atoms with Gasteiger partial charge in [-0.1, -0.05) is 5.16 Å². The molecule has 0 aliphatic carbocycles. The fourth-order valence-corrected chi connectivity index (χ4v) is 2.11. The lowest BCUT2D eigenvalue weighted by Crippen LogP contribution is -2.15. The van der Waals surface area contributed by atoms with Crippen molar-refractivity contribution < 1.29 is 19.2 Å². The molecular weight excluding hydrogens is 278 g/mol. The number of nitrogens with zero attached hydrogens (tertiary/aromatic N) is 2. The molecule has 0 aromatic carbocycles. The summed E-state index contributed by atoms with van der Waals surface area (Å²) in [6.45, 7) is 5.32. The quantitative estimate of drug-likeness (QED) is 0.795. The van der Waals surface area contributed by atoms with Crippen LogP contribution in [-0.4, -0.2) is 32.4 Å². The smallest absolute Gasteiger partial charge is 0.333 e. The topological polar surface area (TPSA) is 110 Å². The van der Waals surface area contributed by atoms with Gasteiger partial charge in [-0.2, -0.15) is 0 Å². The fourth-order valence-electron chi connectivity index (χ4n) is 2.11. The van der Waals surface area contributed by atoms with Gasteiger partial charge < -0.3 is 19.4 Å². The van der Waals surface area contributed by atoms with Crippen molar-refractivity contribution >= 4 is 5.97 Å². The molecule has 0 aliphatic heterocycles. The maximum Gasteiger partial charge on any atom is 0.333 e. The zero-order valence-corrected chi connectivity index (χ0v) is 12.1. The highest BCUT2D eigenvalue weighted by molar-refractivity contribution is 5.69. The van der Waals surface area contributed by atoms with Crippen LogP contribution >= 0.6 is 0 Å². The van der Waals surface area contributed by atoms with E-state index in [1.54, 1.807) is 20.8 Å². The number of esters is 1. The van der Waals surface area contributed by atoms with Crippen LogP contribution in [0.25, 0.3) is 5.69 Å². The highest BCUT2D eigenvalue weighted by Gasteiger charge is 2.21. The van der Waals surface area contributed by atoms with E-state index < -0.39 is 5.69 Å². The molecule has 21 heavy (non-hydrogen) atoms. The third-order valence-corrected chi connectivity index (χ3v) is 3.05. The Labute approximate surface area is 120 Å². The van der Waals surface area contributed by atoms with Crippen molar-refractivity contribution in [1.29, 1.82) is 0 Å². The van der Waals surface area contributed by atoms with E-state index >= 15 is 0 Å². The number of aryl methyl sites for hydroxylation is 3. The lowest BCUT2D eigenvalue weighted by molar-refractivity contribution is -0.143. The van der Waals surface area contributed by atoms with Crippen LogP contribution in [0.4, 0.5) is 0 Å². The molecule has 2 aromatic rings. The molecule has 114 valence electrons. The maximum atomic E-state index is 12.0. The molecule has 8 heteroatoms. The number of ether oxygens (including phenoxy) is 1. The van der Waals surface area contributed by atoms with Crippen molar-refractivity contribution in [2.75, 3.05) is 6.61 Å². The van der Waals surface area contributed by atoms with Gasteiger partial charge in [0, 0.05) is 6.42 Å². The molecule has 0 atom stereocenters. The van der Waals surface area contributed by atoms with Crippen molar-refractivity contribution in [2.24, 2.45) is 0 Å². The number of hydrogen-bond acceptors (Lipinski definition) is 6. The molecule has 2 heterocycles. The summed E-state index contributed by atoms with van der Waals surface area (Å²) in [6.07, 6.45) is 0.249.